The minimum atomic E-state index is -0.281. The van der Waals surface area contributed by atoms with Crippen LogP contribution >= 0.6 is 0 Å². The molecule has 2 atom stereocenters. The van der Waals surface area contributed by atoms with Gasteiger partial charge in [0.1, 0.15) is 6.04 Å². The molecule has 3 rings (SSSR count). The lowest BCUT2D eigenvalue weighted by Gasteiger charge is -2.27. The summed E-state index contributed by atoms with van der Waals surface area (Å²) in [4.78, 5) is 23.7. The van der Waals surface area contributed by atoms with E-state index in [2.05, 4.69) is 10.6 Å². The van der Waals surface area contributed by atoms with Gasteiger partial charge in [0.15, 0.2) is 5.78 Å². The predicted octanol–water partition coefficient (Wildman–Crippen LogP) is 2.51. The molecule has 0 saturated carbocycles. The number of benzene rings is 1. The first-order valence-electron chi connectivity index (χ1n) is 6.79. The summed E-state index contributed by atoms with van der Waals surface area (Å²) in [6.45, 7) is 0. The van der Waals surface area contributed by atoms with E-state index < -0.39 is 0 Å². The van der Waals surface area contributed by atoms with Crippen molar-refractivity contribution in [2.24, 2.45) is 5.92 Å². The fourth-order valence-corrected chi connectivity index (χ4v) is 2.55. The molecule has 1 aromatic rings. The molecule has 1 aliphatic heterocycles. The third-order valence-corrected chi connectivity index (χ3v) is 3.68. The van der Waals surface area contributed by atoms with Crippen LogP contribution in [-0.2, 0) is 9.59 Å². The summed E-state index contributed by atoms with van der Waals surface area (Å²) in [5.74, 6) is -0.0256. The van der Waals surface area contributed by atoms with E-state index in [1.165, 1.54) is 0 Å². The zero-order chi connectivity index (χ0) is 13.9. The highest BCUT2D eigenvalue weighted by Crippen LogP contribution is 2.28. The van der Waals surface area contributed by atoms with Gasteiger partial charge in [0, 0.05) is 5.92 Å². The maximum atomic E-state index is 12.0. The van der Waals surface area contributed by atoms with Crippen molar-refractivity contribution in [3.05, 3.63) is 48.6 Å². The third kappa shape index (κ3) is 2.50. The van der Waals surface area contributed by atoms with Gasteiger partial charge in [-0.2, -0.15) is 0 Å². The van der Waals surface area contributed by atoms with E-state index in [4.69, 9.17) is 0 Å². The lowest BCUT2D eigenvalue weighted by molar-refractivity contribution is -0.119. The first-order chi connectivity index (χ1) is 9.74. The molecule has 2 unspecified atom stereocenters. The molecule has 0 radical (unpaired) electrons. The summed E-state index contributed by atoms with van der Waals surface area (Å²) in [5.41, 5.74) is 1.74. The maximum Gasteiger partial charge on any atom is 0.246 e. The largest absolute Gasteiger partial charge is 0.372 e. The van der Waals surface area contributed by atoms with Crippen LogP contribution in [0.5, 0.6) is 0 Å². The summed E-state index contributed by atoms with van der Waals surface area (Å²) < 4.78 is 0. The van der Waals surface area contributed by atoms with Crippen molar-refractivity contribution in [3.63, 3.8) is 0 Å². The molecular formula is C16H16N2O2. The van der Waals surface area contributed by atoms with E-state index in [-0.39, 0.29) is 23.7 Å². The van der Waals surface area contributed by atoms with E-state index in [9.17, 15) is 9.59 Å². The van der Waals surface area contributed by atoms with Crippen LogP contribution in [0.1, 0.15) is 12.8 Å². The van der Waals surface area contributed by atoms with Crippen molar-refractivity contribution in [2.45, 2.75) is 18.9 Å². The maximum absolute atomic E-state index is 12.0. The second kappa shape index (κ2) is 5.33. The van der Waals surface area contributed by atoms with Crippen molar-refractivity contribution in [1.82, 2.24) is 0 Å². The molecule has 0 saturated heterocycles. The lowest BCUT2D eigenvalue weighted by atomic mass is 9.92. The number of hydrogen-bond donors (Lipinski definition) is 2. The van der Waals surface area contributed by atoms with Crippen molar-refractivity contribution in [2.75, 3.05) is 10.6 Å². The minimum absolute atomic E-state index is 0.0357. The molecule has 0 spiro atoms. The van der Waals surface area contributed by atoms with E-state index in [0.717, 1.165) is 11.4 Å². The number of carbonyl (C=O) groups is 2. The SMILES string of the molecule is O=C1C=CC=CC1CCC1Nc2ccccc2NC1=O. The van der Waals surface area contributed by atoms with Gasteiger partial charge in [-0.3, -0.25) is 9.59 Å². The van der Waals surface area contributed by atoms with Crippen molar-refractivity contribution < 1.29 is 9.59 Å². The standard InChI is InChI=1S/C16H16N2O2/c19-15-8-4-1-5-11(15)9-10-14-16(20)18-13-7-3-2-6-12(13)17-14/h1-8,11,14,17H,9-10H2,(H,18,20). The number of para-hydroxylation sites is 2. The van der Waals surface area contributed by atoms with E-state index in [0.29, 0.717) is 12.8 Å². The molecule has 20 heavy (non-hydrogen) atoms. The minimum Gasteiger partial charge on any atom is -0.372 e. The van der Waals surface area contributed by atoms with Gasteiger partial charge in [0.25, 0.3) is 0 Å². The second-order valence-electron chi connectivity index (χ2n) is 5.06. The van der Waals surface area contributed by atoms with Crippen LogP contribution < -0.4 is 10.6 Å². The number of amides is 1. The van der Waals surface area contributed by atoms with Crippen LogP contribution in [0, 0.1) is 5.92 Å². The zero-order valence-electron chi connectivity index (χ0n) is 11.0. The van der Waals surface area contributed by atoms with Gasteiger partial charge in [-0.15, -0.1) is 0 Å². The quantitative estimate of drug-likeness (QED) is 0.885. The van der Waals surface area contributed by atoms with Crippen LogP contribution in [-0.4, -0.2) is 17.7 Å². The van der Waals surface area contributed by atoms with Crippen molar-refractivity contribution in [3.8, 4) is 0 Å². The molecule has 102 valence electrons. The van der Waals surface area contributed by atoms with E-state index in [1.807, 2.05) is 36.4 Å². The Kier molecular flexibility index (Phi) is 3.37. The number of rotatable bonds is 3. The molecule has 0 bridgehead atoms. The normalized spacial score (nSPS) is 24.0. The highest BCUT2D eigenvalue weighted by Gasteiger charge is 2.26. The summed E-state index contributed by atoms with van der Waals surface area (Å²) in [6, 6.07) is 7.35. The van der Waals surface area contributed by atoms with E-state index in [1.54, 1.807) is 12.2 Å². The molecule has 0 fully saturated rings. The van der Waals surface area contributed by atoms with Crippen LogP contribution in [0.15, 0.2) is 48.6 Å². The third-order valence-electron chi connectivity index (χ3n) is 3.68. The first kappa shape index (κ1) is 12.7. The molecule has 2 aliphatic rings. The van der Waals surface area contributed by atoms with Crippen molar-refractivity contribution >= 4 is 23.1 Å². The topological polar surface area (TPSA) is 58.2 Å². The van der Waals surface area contributed by atoms with Crippen molar-refractivity contribution in [1.29, 1.82) is 0 Å². The molecule has 4 heteroatoms. The Morgan fingerprint density at radius 3 is 2.60 bits per heavy atom. The molecule has 2 N–H and O–H groups in total. The molecule has 1 amide bonds. The number of carbonyl (C=O) groups excluding carboxylic acids is 2. The molecule has 1 aliphatic carbocycles. The van der Waals surface area contributed by atoms with Gasteiger partial charge in [-0.25, -0.2) is 0 Å². The van der Waals surface area contributed by atoms with Gasteiger partial charge < -0.3 is 10.6 Å². The Balaban J connectivity index is 1.64. The molecule has 0 aromatic heterocycles. The molecule has 1 aromatic carbocycles. The summed E-state index contributed by atoms with van der Waals surface area (Å²) >= 11 is 0. The Morgan fingerprint density at radius 1 is 1.00 bits per heavy atom. The summed E-state index contributed by atoms with van der Waals surface area (Å²) in [6.07, 6.45) is 8.43. The van der Waals surface area contributed by atoms with Gasteiger partial charge >= 0.3 is 0 Å². The second-order valence-corrected chi connectivity index (χ2v) is 5.06. The van der Waals surface area contributed by atoms with Crippen LogP contribution in [0.3, 0.4) is 0 Å². The van der Waals surface area contributed by atoms with Gasteiger partial charge in [0.2, 0.25) is 5.91 Å². The number of hydrogen-bond acceptors (Lipinski definition) is 3. The average molecular weight is 268 g/mol. The van der Waals surface area contributed by atoms with Crippen LogP contribution in [0.4, 0.5) is 11.4 Å². The summed E-state index contributed by atoms with van der Waals surface area (Å²) in [5, 5.41) is 6.13. The predicted molar refractivity (Wildman–Crippen MR) is 78.5 cm³/mol. The van der Waals surface area contributed by atoms with Gasteiger partial charge in [-0.05, 0) is 31.1 Å². The molecular weight excluding hydrogens is 252 g/mol. The highest BCUT2D eigenvalue weighted by molar-refractivity contribution is 6.03. The average Bonchev–Trinajstić information content (AvgIpc) is 2.46. The highest BCUT2D eigenvalue weighted by atomic mass is 16.2. The van der Waals surface area contributed by atoms with Crippen LogP contribution in [0.25, 0.3) is 0 Å². The number of nitrogens with one attached hydrogen (secondary N) is 2. The number of anilines is 2. The van der Waals surface area contributed by atoms with E-state index >= 15 is 0 Å². The molecule has 1 heterocycles. The Hall–Kier alpha value is -2.36. The zero-order valence-corrected chi connectivity index (χ0v) is 11.0. The Bertz CT molecular complexity index is 604. The monoisotopic (exact) mass is 268 g/mol. The Morgan fingerprint density at radius 2 is 1.80 bits per heavy atom. The molecule has 4 nitrogen and oxygen atoms in total. The number of allylic oxidation sites excluding steroid dienone is 4. The fraction of sp³-hybridized carbons (Fsp3) is 0.250. The van der Waals surface area contributed by atoms with Crippen LogP contribution in [0.2, 0.25) is 0 Å². The Labute approximate surface area is 117 Å². The smallest absolute Gasteiger partial charge is 0.246 e. The number of fused-ring (bicyclic) bond motifs is 1. The van der Waals surface area contributed by atoms with Gasteiger partial charge in [-0.1, -0.05) is 30.4 Å². The summed E-state index contributed by atoms with van der Waals surface area (Å²) in [7, 11) is 0. The fourth-order valence-electron chi connectivity index (χ4n) is 2.55. The lowest BCUT2D eigenvalue weighted by Crippen LogP contribution is -2.39. The first-order valence-corrected chi connectivity index (χ1v) is 6.79. The van der Waals surface area contributed by atoms with Gasteiger partial charge in [0.05, 0.1) is 11.4 Å². The number of ketones is 1.